The van der Waals surface area contributed by atoms with Gasteiger partial charge in [-0.3, -0.25) is 9.08 Å². The highest BCUT2D eigenvalue weighted by molar-refractivity contribution is 5.74. The molecule has 4 rings (SSSR count). The molecule has 0 aliphatic rings. The second-order valence-electron chi connectivity index (χ2n) is 10.3. The fraction of sp³-hybridized carbons (Fsp3) is 0.407. The number of fused-ring (bicyclic) bond motifs is 1. The van der Waals surface area contributed by atoms with Crippen molar-refractivity contribution in [2.45, 2.75) is 46.8 Å². The minimum atomic E-state index is -1.11. The number of nitrogens with one attached hydrogen (secondary N) is 1. The van der Waals surface area contributed by atoms with Gasteiger partial charge in [-0.25, -0.2) is 9.37 Å². The number of aryl methyl sites for hydroxylation is 1. The Balaban J connectivity index is 1.68. The molecule has 0 bridgehead atoms. The number of pyridine rings is 1. The summed E-state index contributed by atoms with van der Waals surface area (Å²) in [6.45, 7) is 8.17. The molecule has 0 aliphatic carbocycles. The van der Waals surface area contributed by atoms with Crippen LogP contribution in [0, 0.1) is 24.0 Å². The number of aromatic nitrogens is 4. The van der Waals surface area contributed by atoms with E-state index in [9.17, 15) is 14.6 Å². The third-order valence-corrected chi connectivity index (χ3v) is 6.55. The van der Waals surface area contributed by atoms with Crippen LogP contribution in [0.5, 0.6) is 11.5 Å². The second-order valence-corrected chi connectivity index (χ2v) is 10.3. The zero-order valence-corrected chi connectivity index (χ0v) is 21.9. The minimum absolute atomic E-state index is 0.0219. The van der Waals surface area contributed by atoms with Crippen LogP contribution < -0.4 is 10.1 Å². The topological polar surface area (TPSA) is 96.8 Å². The summed E-state index contributed by atoms with van der Waals surface area (Å²) in [6, 6.07) is 3.91. The standard InChI is InChI=1S/C27H33F2N5O3/c1-15-18(23(32-33(15)6)25(36)27(2,3)4)9-10-37-24-19(7-8-20(28)22(24)29)16-11-21(35)26-31-13-17(12-30-5)34(26)14-16/h7-8,11,13-14,25,30,35-36H,9-10,12H2,1-6H3. The molecule has 0 saturated carbocycles. The quantitative estimate of drug-likeness (QED) is 0.322. The van der Waals surface area contributed by atoms with Gasteiger partial charge in [-0.2, -0.15) is 9.49 Å². The summed E-state index contributed by atoms with van der Waals surface area (Å²) in [7, 11) is 3.59. The summed E-state index contributed by atoms with van der Waals surface area (Å²) >= 11 is 0. The number of benzene rings is 1. The van der Waals surface area contributed by atoms with Crippen LogP contribution in [0.15, 0.2) is 30.6 Å². The number of ether oxygens (including phenoxy) is 1. The van der Waals surface area contributed by atoms with Gasteiger partial charge >= 0.3 is 0 Å². The highest BCUT2D eigenvalue weighted by Crippen LogP contribution is 2.37. The molecular weight excluding hydrogens is 480 g/mol. The van der Waals surface area contributed by atoms with Crippen molar-refractivity contribution in [3.63, 3.8) is 0 Å². The Morgan fingerprint density at radius 2 is 1.95 bits per heavy atom. The molecule has 10 heteroatoms. The van der Waals surface area contributed by atoms with Crippen LogP contribution in [0.4, 0.5) is 8.78 Å². The highest BCUT2D eigenvalue weighted by atomic mass is 19.2. The molecule has 1 atom stereocenters. The Hall–Kier alpha value is -3.50. The van der Waals surface area contributed by atoms with Crippen LogP contribution in [0.3, 0.4) is 0 Å². The molecular formula is C27H33F2N5O3. The van der Waals surface area contributed by atoms with Crippen molar-refractivity contribution in [3.8, 4) is 22.6 Å². The highest BCUT2D eigenvalue weighted by Gasteiger charge is 2.30. The van der Waals surface area contributed by atoms with E-state index >= 15 is 4.39 Å². The van der Waals surface area contributed by atoms with Crippen molar-refractivity contribution >= 4 is 5.65 Å². The smallest absolute Gasteiger partial charge is 0.201 e. The maximum Gasteiger partial charge on any atom is 0.201 e. The first-order valence-electron chi connectivity index (χ1n) is 12.1. The van der Waals surface area contributed by atoms with Crippen LogP contribution in [0.1, 0.15) is 49.5 Å². The van der Waals surface area contributed by atoms with E-state index < -0.39 is 23.2 Å². The number of aliphatic hydroxyl groups is 1. The summed E-state index contributed by atoms with van der Waals surface area (Å²) in [6.07, 6.45) is 2.87. The normalized spacial score (nSPS) is 12.9. The second kappa shape index (κ2) is 10.1. The molecule has 0 radical (unpaired) electrons. The van der Waals surface area contributed by atoms with E-state index in [1.54, 1.807) is 35.6 Å². The van der Waals surface area contributed by atoms with Crippen LogP contribution >= 0.6 is 0 Å². The van der Waals surface area contributed by atoms with E-state index in [1.165, 1.54) is 12.1 Å². The monoisotopic (exact) mass is 513 g/mol. The van der Waals surface area contributed by atoms with Crippen molar-refractivity contribution in [1.82, 2.24) is 24.5 Å². The van der Waals surface area contributed by atoms with Crippen molar-refractivity contribution in [3.05, 3.63) is 64.9 Å². The number of nitrogens with zero attached hydrogens (tertiary/aromatic N) is 4. The molecule has 1 aromatic carbocycles. The SMILES string of the molecule is CNCc1cnc2c(O)cc(-c3ccc(F)c(F)c3OCCc3c(C(O)C(C)(C)C)nn(C)c3C)cn12. The maximum absolute atomic E-state index is 15.0. The van der Waals surface area contributed by atoms with Gasteiger partial charge in [0.05, 0.1) is 24.2 Å². The molecule has 0 fully saturated rings. The fourth-order valence-corrected chi connectivity index (χ4v) is 4.35. The van der Waals surface area contributed by atoms with Gasteiger partial charge < -0.3 is 20.3 Å². The Morgan fingerprint density at radius 1 is 1.22 bits per heavy atom. The van der Waals surface area contributed by atoms with Crippen molar-refractivity contribution in [2.24, 2.45) is 12.5 Å². The van der Waals surface area contributed by atoms with Gasteiger partial charge in [-0.1, -0.05) is 20.8 Å². The zero-order valence-electron chi connectivity index (χ0n) is 21.9. The number of hydrogen-bond donors (Lipinski definition) is 3. The number of imidazole rings is 1. The molecule has 0 amide bonds. The molecule has 1 unspecified atom stereocenters. The van der Waals surface area contributed by atoms with Gasteiger partial charge in [-0.15, -0.1) is 0 Å². The molecule has 3 N–H and O–H groups in total. The van der Waals surface area contributed by atoms with Gasteiger partial charge in [0.2, 0.25) is 5.82 Å². The van der Waals surface area contributed by atoms with Crippen molar-refractivity contribution < 1.29 is 23.7 Å². The molecule has 3 aromatic heterocycles. The Kier molecular flexibility index (Phi) is 7.25. The average molecular weight is 514 g/mol. The van der Waals surface area contributed by atoms with Crippen molar-refractivity contribution in [1.29, 1.82) is 0 Å². The molecule has 8 nitrogen and oxygen atoms in total. The Labute approximate surface area is 214 Å². The molecule has 3 heterocycles. The molecule has 0 aliphatic heterocycles. The lowest BCUT2D eigenvalue weighted by atomic mass is 9.85. The predicted molar refractivity (Wildman–Crippen MR) is 137 cm³/mol. The molecule has 4 aromatic rings. The van der Waals surface area contributed by atoms with E-state index in [0.29, 0.717) is 29.9 Å². The van der Waals surface area contributed by atoms with Crippen LogP contribution in [-0.2, 0) is 20.0 Å². The number of rotatable bonds is 8. The average Bonchev–Trinajstić information content (AvgIpc) is 3.37. The predicted octanol–water partition coefficient (Wildman–Crippen LogP) is 4.45. The van der Waals surface area contributed by atoms with Gasteiger partial charge in [0.25, 0.3) is 0 Å². The number of hydrogen-bond acceptors (Lipinski definition) is 6. The first-order valence-corrected chi connectivity index (χ1v) is 12.1. The maximum atomic E-state index is 15.0. The lowest BCUT2D eigenvalue weighted by Crippen LogP contribution is -2.20. The summed E-state index contributed by atoms with van der Waals surface area (Å²) in [5, 5.41) is 29.0. The van der Waals surface area contributed by atoms with Gasteiger partial charge in [0.1, 0.15) is 6.10 Å². The van der Waals surface area contributed by atoms with E-state index in [4.69, 9.17) is 4.74 Å². The molecule has 0 saturated heterocycles. The number of halogens is 2. The summed E-state index contributed by atoms with van der Waals surface area (Å²) < 4.78 is 38.5. The summed E-state index contributed by atoms with van der Waals surface area (Å²) in [4.78, 5) is 4.24. The molecule has 0 spiro atoms. The third-order valence-electron chi connectivity index (χ3n) is 6.55. The van der Waals surface area contributed by atoms with E-state index in [-0.39, 0.29) is 23.7 Å². The van der Waals surface area contributed by atoms with E-state index in [1.807, 2.05) is 27.7 Å². The van der Waals surface area contributed by atoms with Gasteiger partial charge in [-0.05, 0) is 37.6 Å². The minimum Gasteiger partial charge on any atom is -0.504 e. The first kappa shape index (κ1) is 26.6. The lowest BCUT2D eigenvalue weighted by Gasteiger charge is -2.25. The van der Waals surface area contributed by atoms with Crippen LogP contribution in [-0.4, -0.2) is 43.0 Å². The van der Waals surface area contributed by atoms with Crippen molar-refractivity contribution in [2.75, 3.05) is 13.7 Å². The number of aromatic hydroxyl groups is 1. The molecule has 37 heavy (non-hydrogen) atoms. The fourth-order valence-electron chi connectivity index (χ4n) is 4.35. The van der Waals surface area contributed by atoms with Crippen LogP contribution in [0.2, 0.25) is 0 Å². The lowest BCUT2D eigenvalue weighted by molar-refractivity contribution is 0.0575. The Morgan fingerprint density at radius 3 is 2.62 bits per heavy atom. The third kappa shape index (κ3) is 5.03. The van der Waals surface area contributed by atoms with Gasteiger partial charge in [0.15, 0.2) is 23.0 Å². The van der Waals surface area contributed by atoms with E-state index in [2.05, 4.69) is 15.4 Å². The van der Waals surface area contributed by atoms with Crippen LogP contribution in [0.25, 0.3) is 16.8 Å². The Bertz CT molecular complexity index is 1440. The van der Waals surface area contributed by atoms with Gasteiger partial charge in [0, 0.05) is 48.6 Å². The number of aliphatic hydroxyl groups excluding tert-OH is 1. The summed E-state index contributed by atoms with van der Waals surface area (Å²) in [5.74, 6) is -2.50. The zero-order chi connectivity index (χ0) is 27.1. The first-order chi connectivity index (χ1) is 17.4. The molecule has 198 valence electrons. The largest absolute Gasteiger partial charge is 0.504 e. The summed E-state index contributed by atoms with van der Waals surface area (Å²) in [5.41, 5.74) is 3.65. The van der Waals surface area contributed by atoms with E-state index in [0.717, 1.165) is 23.0 Å².